The number of ether oxygens (including phenoxy) is 1. The number of anilines is 1. The quantitative estimate of drug-likeness (QED) is 0.804. The van der Waals surface area contributed by atoms with Gasteiger partial charge in [-0.2, -0.15) is 0 Å². The summed E-state index contributed by atoms with van der Waals surface area (Å²) in [6, 6.07) is 4.28. The van der Waals surface area contributed by atoms with Gasteiger partial charge in [-0.1, -0.05) is 6.07 Å². The molecule has 0 saturated carbocycles. The summed E-state index contributed by atoms with van der Waals surface area (Å²) in [5, 5.41) is 2.03. The summed E-state index contributed by atoms with van der Waals surface area (Å²) >= 11 is -1.48. The molecule has 3 rings (SSSR count). The van der Waals surface area contributed by atoms with Crippen LogP contribution in [0.1, 0.15) is 24.3 Å². The zero-order valence-corrected chi connectivity index (χ0v) is 14.3. The van der Waals surface area contributed by atoms with E-state index in [-0.39, 0.29) is 35.4 Å². The zero-order chi connectivity index (χ0) is 18.1. The minimum Gasteiger partial charge on any atom is -0.609 e. The van der Waals surface area contributed by atoms with Crippen LogP contribution >= 0.6 is 0 Å². The summed E-state index contributed by atoms with van der Waals surface area (Å²) in [5.41, 5.74) is 0.646. The Morgan fingerprint density at radius 3 is 2.84 bits per heavy atom. The number of amides is 2. The monoisotopic (exact) mass is 368 g/mol. The summed E-state index contributed by atoms with van der Waals surface area (Å²) in [7, 11) is 1.44. The van der Waals surface area contributed by atoms with Crippen LogP contribution in [0.3, 0.4) is 0 Å². The van der Waals surface area contributed by atoms with Crippen molar-refractivity contribution in [2.75, 3.05) is 24.2 Å². The molecule has 2 heterocycles. The highest BCUT2D eigenvalue weighted by atomic mass is 32.2. The maximum absolute atomic E-state index is 14.5. The molecule has 1 N–H and O–H groups in total. The molecule has 1 aromatic rings. The van der Waals surface area contributed by atoms with Gasteiger partial charge in [-0.3, -0.25) is 9.69 Å². The van der Waals surface area contributed by atoms with Gasteiger partial charge in [0.15, 0.2) is 6.10 Å². The van der Waals surface area contributed by atoms with Crippen molar-refractivity contribution in [3.8, 4) is 0 Å². The first-order valence-corrected chi connectivity index (χ1v) is 9.13. The second kappa shape index (κ2) is 7.01. The number of nitrogens with one attached hydrogen (secondary N) is 1. The predicted octanol–water partition coefficient (Wildman–Crippen LogP) is 1.05. The minimum atomic E-state index is -1.48. The van der Waals surface area contributed by atoms with Gasteiger partial charge in [-0.25, -0.2) is 14.0 Å². The summed E-state index contributed by atoms with van der Waals surface area (Å²) in [6.07, 6.45) is -1.14. The maximum atomic E-state index is 14.5. The van der Waals surface area contributed by atoms with E-state index in [2.05, 4.69) is 5.32 Å². The molecule has 0 unspecified atom stereocenters. The Morgan fingerprint density at radius 1 is 1.44 bits per heavy atom. The van der Waals surface area contributed by atoms with Crippen molar-refractivity contribution in [1.29, 1.82) is 0 Å². The van der Waals surface area contributed by atoms with Gasteiger partial charge in [-0.05, 0) is 17.7 Å². The van der Waals surface area contributed by atoms with Crippen molar-refractivity contribution < 1.29 is 28.1 Å². The molecule has 9 heteroatoms. The molecule has 1 aromatic carbocycles. The van der Waals surface area contributed by atoms with Gasteiger partial charge in [0, 0.05) is 30.6 Å². The molecule has 0 aromatic heterocycles. The van der Waals surface area contributed by atoms with E-state index in [1.807, 2.05) is 0 Å². The number of likely N-dealkylation sites (N-methyl/N-ethyl adjacent to an activating group) is 1. The van der Waals surface area contributed by atoms with E-state index in [0.29, 0.717) is 12.0 Å². The van der Waals surface area contributed by atoms with Crippen LogP contribution in [-0.4, -0.2) is 47.1 Å². The highest BCUT2D eigenvalue weighted by Crippen LogP contribution is 2.33. The van der Waals surface area contributed by atoms with Crippen molar-refractivity contribution in [1.82, 2.24) is 5.32 Å². The average Bonchev–Trinajstić information content (AvgIpc) is 2.98. The number of hydrogen-bond acceptors (Lipinski definition) is 5. The summed E-state index contributed by atoms with van der Waals surface area (Å²) in [6.45, 7) is -0.00180. The molecule has 2 fully saturated rings. The van der Waals surface area contributed by atoms with Crippen LogP contribution < -0.4 is 10.2 Å². The zero-order valence-electron chi connectivity index (χ0n) is 13.5. The first kappa shape index (κ1) is 17.7. The van der Waals surface area contributed by atoms with Gasteiger partial charge < -0.3 is 14.6 Å². The van der Waals surface area contributed by atoms with Gasteiger partial charge >= 0.3 is 11.2 Å². The normalized spacial score (nSPS) is 26.5. The predicted molar refractivity (Wildman–Crippen MR) is 88.1 cm³/mol. The Bertz CT molecular complexity index is 728. The minimum absolute atomic E-state index is 0.00180. The number of carbonyl (C=O) groups excluding carboxylic acids is 3. The molecule has 25 heavy (non-hydrogen) atoms. The maximum Gasteiger partial charge on any atom is 0.415 e. The smallest absolute Gasteiger partial charge is 0.415 e. The lowest BCUT2D eigenvalue weighted by atomic mass is 9.92. The van der Waals surface area contributed by atoms with E-state index in [9.17, 15) is 23.3 Å². The fourth-order valence-corrected chi connectivity index (χ4v) is 4.12. The lowest BCUT2D eigenvalue weighted by Gasteiger charge is -2.23. The van der Waals surface area contributed by atoms with Crippen LogP contribution in [0, 0.1) is 5.82 Å². The van der Waals surface area contributed by atoms with Crippen molar-refractivity contribution >= 4 is 34.0 Å². The van der Waals surface area contributed by atoms with Gasteiger partial charge in [0.25, 0.3) is 5.91 Å². The Kier molecular flexibility index (Phi) is 4.96. The molecule has 2 saturated heterocycles. The van der Waals surface area contributed by atoms with Crippen molar-refractivity contribution in [3.63, 3.8) is 0 Å². The molecule has 3 atom stereocenters. The van der Waals surface area contributed by atoms with Gasteiger partial charge in [0.2, 0.25) is 0 Å². The number of benzene rings is 1. The lowest BCUT2D eigenvalue weighted by molar-refractivity contribution is -0.127. The third-order valence-electron chi connectivity index (χ3n) is 4.40. The van der Waals surface area contributed by atoms with Crippen LogP contribution in [-0.2, 0) is 25.5 Å². The number of hydrogen-bond donors (Lipinski definition) is 1. The average molecular weight is 368 g/mol. The molecule has 2 amide bonds. The molecule has 0 radical (unpaired) electrons. The number of nitrogens with zero attached hydrogens (tertiary/aromatic N) is 1. The van der Waals surface area contributed by atoms with Crippen LogP contribution in [0.4, 0.5) is 14.9 Å². The fraction of sp³-hybridized carbons (Fsp3) is 0.438. The molecule has 0 bridgehead atoms. The van der Waals surface area contributed by atoms with Gasteiger partial charge in [-0.15, -0.1) is 0 Å². The van der Waals surface area contributed by atoms with Crippen molar-refractivity contribution in [2.24, 2.45) is 0 Å². The molecular weight excluding hydrogens is 351 g/mol. The second-order valence-electron chi connectivity index (χ2n) is 5.91. The van der Waals surface area contributed by atoms with E-state index < -0.39 is 35.1 Å². The highest BCUT2D eigenvalue weighted by molar-refractivity contribution is 8.06. The second-order valence-corrected chi connectivity index (χ2v) is 7.47. The molecular formula is C16H17FN2O5S. The van der Waals surface area contributed by atoms with Crippen LogP contribution in [0.15, 0.2) is 18.2 Å². The SMILES string of the molecule is CNC(=O)[C@H]1CN(c2ccc([C@@H]3CC[S@@+]([O-])C(=O)C3)c(F)c2)C(=O)O1. The summed E-state index contributed by atoms with van der Waals surface area (Å²) in [5.74, 6) is -1.05. The molecule has 0 spiro atoms. The van der Waals surface area contributed by atoms with Crippen molar-refractivity contribution in [3.05, 3.63) is 29.6 Å². The highest BCUT2D eigenvalue weighted by Gasteiger charge is 2.37. The van der Waals surface area contributed by atoms with Crippen LogP contribution in [0.5, 0.6) is 0 Å². The summed E-state index contributed by atoms with van der Waals surface area (Å²) in [4.78, 5) is 36.3. The topological polar surface area (TPSA) is 98.8 Å². The van der Waals surface area contributed by atoms with Crippen LogP contribution in [0.25, 0.3) is 0 Å². The number of rotatable bonds is 3. The van der Waals surface area contributed by atoms with E-state index in [4.69, 9.17) is 4.74 Å². The molecule has 0 aliphatic carbocycles. The van der Waals surface area contributed by atoms with E-state index in [0.717, 1.165) is 0 Å². The molecule has 2 aliphatic rings. The Morgan fingerprint density at radius 2 is 2.20 bits per heavy atom. The van der Waals surface area contributed by atoms with Gasteiger partial charge in [0.1, 0.15) is 11.6 Å². The van der Waals surface area contributed by atoms with E-state index in [1.165, 1.54) is 24.1 Å². The number of carbonyl (C=O) groups is 3. The fourth-order valence-electron chi connectivity index (χ4n) is 3.01. The molecule has 2 aliphatic heterocycles. The first-order valence-electron chi connectivity index (χ1n) is 7.81. The number of cyclic esters (lactones) is 1. The Labute approximate surface area is 146 Å². The first-order chi connectivity index (χ1) is 11.9. The third kappa shape index (κ3) is 3.47. The third-order valence-corrected chi connectivity index (χ3v) is 5.69. The Balaban J connectivity index is 1.77. The molecule has 7 nitrogen and oxygen atoms in total. The number of halogens is 1. The lowest BCUT2D eigenvalue weighted by Crippen LogP contribution is -2.35. The van der Waals surface area contributed by atoms with E-state index >= 15 is 0 Å². The van der Waals surface area contributed by atoms with Crippen molar-refractivity contribution in [2.45, 2.75) is 24.9 Å². The van der Waals surface area contributed by atoms with Gasteiger partial charge in [0.05, 0.1) is 18.7 Å². The standard InChI is InChI=1S/C16H17FN2O5S/c1-18-15(21)13-8-19(16(22)24-13)10-2-3-11(12(17)7-10)9-4-5-25(23)14(20)6-9/h2-3,7,9,13H,4-6,8H2,1H3,(H,18,21)/t9-,13-,25-/m1/s1. The largest absolute Gasteiger partial charge is 0.609 e. The van der Waals surface area contributed by atoms with Crippen LogP contribution in [0.2, 0.25) is 0 Å². The Hall–Kier alpha value is -2.13. The molecule has 134 valence electrons. The van der Waals surface area contributed by atoms with E-state index in [1.54, 1.807) is 6.07 Å². The summed E-state index contributed by atoms with van der Waals surface area (Å²) < 4.78 is 30.9.